The predicted molar refractivity (Wildman–Crippen MR) is 126 cm³/mol. The van der Waals surface area contributed by atoms with Gasteiger partial charge in [-0.05, 0) is 31.4 Å². The Morgan fingerprint density at radius 3 is 2.90 bits per heavy atom. The second kappa shape index (κ2) is 11.1. The second-order valence-electron chi connectivity index (χ2n) is 7.23. The number of amides is 1. The van der Waals surface area contributed by atoms with E-state index in [1.165, 1.54) is 0 Å². The summed E-state index contributed by atoms with van der Waals surface area (Å²) in [7, 11) is 1.78. The molecule has 0 saturated carbocycles. The molecule has 2 aromatic rings. The van der Waals surface area contributed by atoms with Crippen LogP contribution in [0.1, 0.15) is 31.5 Å². The SMILES string of the molecule is CN=C(NCCC(=O)Nc1cccc(C)n1)N1CCC(C)C(n2ccnc2)C1.I. The Bertz CT molecular complexity index is 809. The average Bonchev–Trinajstić information content (AvgIpc) is 3.20. The molecule has 158 valence electrons. The third kappa shape index (κ3) is 6.41. The molecular formula is C20H30IN7O. The van der Waals surface area contributed by atoms with Gasteiger partial charge in [-0.1, -0.05) is 13.0 Å². The zero-order valence-corrected chi connectivity index (χ0v) is 19.5. The monoisotopic (exact) mass is 511 g/mol. The first-order chi connectivity index (χ1) is 13.6. The lowest BCUT2D eigenvalue weighted by atomic mass is 9.93. The van der Waals surface area contributed by atoms with Crippen LogP contribution in [0.2, 0.25) is 0 Å². The first kappa shape index (κ1) is 23.1. The predicted octanol–water partition coefficient (Wildman–Crippen LogP) is 2.69. The third-order valence-corrected chi connectivity index (χ3v) is 5.13. The molecular weight excluding hydrogens is 481 g/mol. The Labute approximate surface area is 189 Å². The molecule has 0 aliphatic carbocycles. The van der Waals surface area contributed by atoms with Gasteiger partial charge in [-0.25, -0.2) is 9.97 Å². The van der Waals surface area contributed by atoms with E-state index in [1.807, 2.05) is 37.8 Å². The molecule has 2 unspecified atom stereocenters. The highest BCUT2D eigenvalue weighted by atomic mass is 127. The van der Waals surface area contributed by atoms with E-state index in [4.69, 9.17) is 0 Å². The van der Waals surface area contributed by atoms with Gasteiger partial charge in [-0.2, -0.15) is 0 Å². The third-order valence-electron chi connectivity index (χ3n) is 5.13. The van der Waals surface area contributed by atoms with Gasteiger partial charge < -0.3 is 20.1 Å². The van der Waals surface area contributed by atoms with Crippen molar-refractivity contribution in [1.29, 1.82) is 0 Å². The number of rotatable bonds is 5. The number of nitrogens with one attached hydrogen (secondary N) is 2. The average molecular weight is 511 g/mol. The van der Waals surface area contributed by atoms with Crippen LogP contribution in [0.3, 0.4) is 0 Å². The Morgan fingerprint density at radius 2 is 2.21 bits per heavy atom. The molecule has 1 amide bonds. The lowest BCUT2D eigenvalue weighted by Crippen LogP contribution is -2.49. The number of imidazole rings is 1. The van der Waals surface area contributed by atoms with Crippen LogP contribution in [0.25, 0.3) is 0 Å². The van der Waals surface area contributed by atoms with Crippen molar-refractivity contribution in [1.82, 2.24) is 24.8 Å². The number of aliphatic imine (C=N–C) groups is 1. The quantitative estimate of drug-likeness (QED) is 0.366. The molecule has 8 nitrogen and oxygen atoms in total. The molecule has 0 radical (unpaired) electrons. The van der Waals surface area contributed by atoms with Gasteiger partial charge in [-0.3, -0.25) is 9.79 Å². The second-order valence-corrected chi connectivity index (χ2v) is 7.23. The molecule has 2 N–H and O–H groups in total. The standard InChI is InChI=1S/C20H29N7O.HI/c1-15-8-11-26(13-17(15)27-12-10-22-14-27)20(21-3)23-9-7-19(28)25-18-6-4-5-16(2)24-18;/h4-6,10,12,14-15,17H,7-9,11,13H2,1-3H3,(H,21,23)(H,24,25,28);1H. The molecule has 1 aliphatic rings. The maximum atomic E-state index is 12.2. The van der Waals surface area contributed by atoms with Crippen LogP contribution in [0, 0.1) is 12.8 Å². The van der Waals surface area contributed by atoms with Gasteiger partial charge in [0.05, 0.1) is 12.4 Å². The van der Waals surface area contributed by atoms with Gasteiger partial charge in [0, 0.05) is 51.2 Å². The number of nitrogens with zero attached hydrogens (tertiary/aromatic N) is 5. The molecule has 0 aromatic carbocycles. The maximum Gasteiger partial charge on any atom is 0.227 e. The van der Waals surface area contributed by atoms with Crippen molar-refractivity contribution in [2.24, 2.45) is 10.9 Å². The fourth-order valence-electron chi connectivity index (χ4n) is 3.53. The van der Waals surface area contributed by atoms with Crippen molar-refractivity contribution in [3.63, 3.8) is 0 Å². The summed E-state index contributed by atoms with van der Waals surface area (Å²) >= 11 is 0. The van der Waals surface area contributed by atoms with E-state index in [-0.39, 0.29) is 29.9 Å². The molecule has 1 aliphatic heterocycles. The molecule has 2 aromatic heterocycles. The van der Waals surface area contributed by atoms with Crippen LogP contribution in [0.5, 0.6) is 0 Å². The minimum atomic E-state index is -0.0652. The molecule has 2 atom stereocenters. The number of carbonyl (C=O) groups is 1. The summed E-state index contributed by atoms with van der Waals surface area (Å²) < 4.78 is 2.17. The van der Waals surface area contributed by atoms with E-state index in [0.717, 1.165) is 31.2 Å². The van der Waals surface area contributed by atoms with E-state index < -0.39 is 0 Å². The van der Waals surface area contributed by atoms with Crippen LogP contribution in [-0.2, 0) is 4.79 Å². The summed E-state index contributed by atoms with van der Waals surface area (Å²) in [6.45, 7) is 6.52. The van der Waals surface area contributed by atoms with Gasteiger partial charge in [0.15, 0.2) is 5.96 Å². The molecule has 29 heavy (non-hydrogen) atoms. The first-order valence-electron chi connectivity index (χ1n) is 9.73. The van der Waals surface area contributed by atoms with Crippen molar-refractivity contribution in [3.05, 3.63) is 42.6 Å². The topological polar surface area (TPSA) is 87.4 Å². The molecule has 1 saturated heterocycles. The van der Waals surface area contributed by atoms with Gasteiger partial charge in [-0.15, -0.1) is 24.0 Å². The highest BCUT2D eigenvalue weighted by Crippen LogP contribution is 2.27. The first-order valence-corrected chi connectivity index (χ1v) is 9.73. The number of halogens is 1. The minimum absolute atomic E-state index is 0. The summed E-state index contributed by atoms with van der Waals surface area (Å²) in [5.41, 5.74) is 0.878. The lowest BCUT2D eigenvalue weighted by Gasteiger charge is -2.39. The normalized spacial score (nSPS) is 19.4. The van der Waals surface area contributed by atoms with Crippen LogP contribution in [-0.4, -0.2) is 58.0 Å². The largest absolute Gasteiger partial charge is 0.356 e. The van der Waals surface area contributed by atoms with Crippen molar-refractivity contribution in [3.8, 4) is 0 Å². The van der Waals surface area contributed by atoms with Crippen LogP contribution >= 0.6 is 24.0 Å². The van der Waals surface area contributed by atoms with Crippen LogP contribution in [0.15, 0.2) is 41.9 Å². The highest BCUT2D eigenvalue weighted by molar-refractivity contribution is 14.0. The number of carbonyl (C=O) groups excluding carboxylic acids is 1. The summed E-state index contributed by atoms with van der Waals surface area (Å²) in [5.74, 6) is 1.93. The fraction of sp³-hybridized carbons (Fsp3) is 0.500. The fourth-order valence-corrected chi connectivity index (χ4v) is 3.53. The Kier molecular flexibility index (Phi) is 8.87. The number of likely N-dealkylation sites (tertiary alicyclic amines) is 1. The van der Waals surface area contributed by atoms with Crippen molar-refractivity contribution >= 4 is 41.7 Å². The number of piperidine rings is 1. The van der Waals surface area contributed by atoms with Crippen molar-refractivity contribution < 1.29 is 4.79 Å². The van der Waals surface area contributed by atoms with Gasteiger partial charge >= 0.3 is 0 Å². The zero-order chi connectivity index (χ0) is 19.9. The molecule has 9 heteroatoms. The van der Waals surface area contributed by atoms with Gasteiger partial charge in [0.1, 0.15) is 5.82 Å². The molecule has 0 spiro atoms. The van der Waals surface area contributed by atoms with Gasteiger partial charge in [0.25, 0.3) is 0 Å². The maximum absolute atomic E-state index is 12.2. The number of hydrogen-bond donors (Lipinski definition) is 2. The summed E-state index contributed by atoms with van der Waals surface area (Å²) in [5, 5.41) is 6.15. The van der Waals surface area contributed by atoms with E-state index in [9.17, 15) is 4.79 Å². The minimum Gasteiger partial charge on any atom is -0.356 e. The molecule has 3 rings (SSSR count). The van der Waals surface area contributed by atoms with Crippen LogP contribution < -0.4 is 10.6 Å². The van der Waals surface area contributed by atoms with E-state index >= 15 is 0 Å². The van der Waals surface area contributed by atoms with Crippen LogP contribution in [0.4, 0.5) is 5.82 Å². The van der Waals surface area contributed by atoms with Gasteiger partial charge in [0.2, 0.25) is 5.91 Å². The molecule has 0 bridgehead atoms. The van der Waals surface area contributed by atoms with E-state index in [2.05, 4.69) is 42.0 Å². The number of anilines is 1. The highest BCUT2D eigenvalue weighted by Gasteiger charge is 2.28. The molecule has 1 fully saturated rings. The van der Waals surface area contributed by atoms with Crippen molar-refractivity contribution in [2.45, 2.75) is 32.7 Å². The number of guanidine groups is 1. The smallest absolute Gasteiger partial charge is 0.227 e. The summed E-state index contributed by atoms with van der Waals surface area (Å²) in [4.78, 5) is 27.3. The Morgan fingerprint density at radius 1 is 1.38 bits per heavy atom. The Hall–Kier alpha value is -2.17. The van der Waals surface area contributed by atoms with Crippen molar-refractivity contribution in [2.75, 3.05) is 32.0 Å². The number of aromatic nitrogens is 3. The zero-order valence-electron chi connectivity index (χ0n) is 17.2. The Balaban J connectivity index is 0.00000300. The summed E-state index contributed by atoms with van der Waals surface area (Å²) in [6, 6.07) is 5.94. The summed E-state index contributed by atoms with van der Waals surface area (Å²) in [6.07, 6.45) is 7.16. The number of pyridine rings is 1. The lowest BCUT2D eigenvalue weighted by molar-refractivity contribution is -0.116. The van der Waals surface area contributed by atoms with E-state index in [1.54, 1.807) is 13.1 Å². The van der Waals surface area contributed by atoms with E-state index in [0.29, 0.717) is 30.7 Å². The molecule has 3 heterocycles. The number of aryl methyl sites for hydroxylation is 1. The number of hydrogen-bond acceptors (Lipinski definition) is 4.